The number of hydrogen-bond donors (Lipinski definition) is 0. The molecule has 5 nitrogen and oxygen atoms in total. The Morgan fingerprint density at radius 3 is 2.15 bits per heavy atom. The van der Waals surface area contributed by atoms with Crippen LogP contribution in [0.3, 0.4) is 0 Å². The van der Waals surface area contributed by atoms with Gasteiger partial charge in [-0.3, -0.25) is 4.79 Å². The average Bonchev–Trinajstić information content (AvgIpc) is 2.86. The van der Waals surface area contributed by atoms with E-state index in [0.29, 0.717) is 0 Å². The number of rotatable bonds is 7. The van der Waals surface area contributed by atoms with Gasteiger partial charge in [0, 0.05) is 43.9 Å². The molecule has 1 aromatic heterocycles. The molecule has 1 amide bonds. The van der Waals surface area contributed by atoms with Crippen LogP contribution in [0.4, 0.5) is 5.82 Å². The lowest BCUT2D eigenvalue weighted by atomic mass is 9.94. The van der Waals surface area contributed by atoms with Crippen LogP contribution in [-0.2, 0) is 17.6 Å². The van der Waals surface area contributed by atoms with E-state index >= 15 is 0 Å². The molecule has 0 spiro atoms. The first-order valence-electron chi connectivity index (χ1n) is 12.1. The monoisotopic (exact) mass is 442 g/mol. The third kappa shape index (κ3) is 5.24. The van der Waals surface area contributed by atoms with Gasteiger partial charge in [0.1, 0.15) is 11.6 Å². The van der Waals surface area contributed by atoms with E-state index in [9.17, 15) is 4.79 Å². The molecule has 3 aromatic rings. The third-order valence-corrected chi connectivity index (χ3v) is 6.54. The van der Waals surface area contributed by atoms with E-state index in [2.05, 4.69) is 55.1 Å². The molecule has 2 aromatic carbocycles. The Hall–Kier alpha value is -3.21. The molecule has 1 unspecified atom stereocenters. The number of hydrogen-bond acceptors (Lipinski definition) is 4. The number of anilines is 1. The Morgan fingerprint density at radius 1 is 0.909 bits per heavy atom. The fourth-order valence-electron chi connectivity index (χ4n) is 4.77. The second-order valence-corrected chi connectivity index (χ2v) is 8.72. The van der Waals surface area contributed by atoms with Gasteiger partial charge in [-0.15, -0.1) is 0 Å². The lowest BCUT2D eigenvalue weighted by molar-refractivity contribution is -0.133. The molecule has 1 saturated heterocycles. The Balaban J connectivity index is 1.52. The van der Waals surface area contributed by atoms with Gasteiger partial charge in [0.15, 0.2) is 0 Å². The smallest absolute Gasteiger partial charge is 0.230 e. The van der Waals surface area contributed by atoms with Gasteiger partial charge in [0.05, 0.1) is 5.92 Å². The van der Waals surface area contributed by atoms with Crippen molar-refractivity contribution in [2.24, 2.45) is 0 Å². The number of amides is 1. The van der Waals surface area contributed by atoms with Crippen molar-refractivity contribution < 1.29 is 4.79 Å². The molecule has 1 aliphatic rings. The molecule has 1 fully saturated rings. The van der Waals surface area contributed by atoms with Gasteiger partial charge in [-0.25, -0.2) is 9.97 Å². The molecule has 33 heavy (non-hydrogen) atoms. The highest BCUT2D eigenvalue weighted by Gasteiger charge is 2.29. The first-order chi connectivity index (χ1) is 16.1. The SMILES string of the molecule is CCc1nc(C)nc(N2CCN(C(=O)C(CC)c3ccccc3)CC2)c1Cc1ccccc1. The van der Waals surface area contributed by atoms with Crippen LogP contribution in [0, 0.1) is 6.92 Å². The number of carbonyl (C=O) groups excluding carboxylic acids is 1. The van der Waals surface area contributed by atoms with E-state index in [0.717, 1.165) is 68.3 Å². The van der Waals surface area contributed by atoms with E-state index < -0.39 is 0 Å². The molecule has 4 rings (SSSR count). The van der Waals surface area contributed by atoms with Crippen LogP contribution in [0.5, 0.6) is 0 Å². The van der Waals surface area contributed by atoms with Gasteiger partial charge in [-0.2, -0.15) is 0 Å². The summed E-state index contributed by atoms with van der Waals surface area (Å²) < 4.78 is 0. The summed E-state index contributed by atoms with van der Waals surface area (Å²) in [6.07, 6.45) is 2.52. The summed E-state index contributed by atoms with van der Waals surface area (Å²) in [6.45, 7) is 9.24. The third-order valence-electron chi connectivity index (χ3n) is 6.54. The van der Waals surface area contributed by atoms with Crippen molar-refractivity contribution in [1.82, 2.24) is 14.9 Å². The maximum absolute atomic E-state index is 13.3. The first kappa shape index (κ1) is 23.0. The Bertz CT molecular complexity index is 1060. The maximum Gasteiger partial charge on any atom is 0.230 e. The minimum Gasteiger partial charge on any atom is -0.353 e. The second-order valence-electron chi connectivity index (χ2n) is 8.72. The van der Waals surface area contributed by atoms with Gasteiger partial charge in [-0.1, -0.05) is 74.5 Å². The van der Waals surface area contributed by atoms with Crippen LogP contribution in [0.25, 0.3) is 0 Å². The zero-order valence-electron chi connectivity index (χ0n) is 20.0. The minimum atomic E-state index is -0.0700. The summed E-state index contributed by atoms with van der Waals surface area (Å²) >= 11 is 0. The molecule has 172 valence electrons. The van der Waals surface area contributed by atoms with Crippen LogP contribution in [-0.4, -0.2) is 47.0 Å². The quantitative estimate of drug-likeness (QED) is 0.528. The first-order valence-corrected chi connectivity index (χ1v) is 12.1. The summed E-state index contributed by atoms with van der Waals surface area (Å²) in [5.74, 6) is 2.01. The van der Waals surface area contributed by atoms with Crippen molar-refractivity contribution in [2.45, 2.75) is 46.0 Å². The van der Waals surface area contributed by atoms with E-state index in [1.807, 2.05) is 36.1 Å². The van der Waals surface area contributed by atoms with E-state index in [1.165, 1.54) is 11.1 Å². The molecular formula is C28H34N4O. The molecule has 1 atom stereocenters. The zero-order chi connectivity index (χ0) is 23.2. The van der Waals surface area contributed by atoms with E-state index in [4.69, 9.17) is 9.97 Å². The van der Waals surface area contributed by atoms with Gasteiger partial charge in [0.2, 0.25) is 5.91 Å². The number of aryl methyl sites for hydroxylation is 2. The molecule has 1 aliphatic heterocycles. The number of nitrogens with zero attached hydrogens (tertiary/aromatic N) is 4. The van der Waals surface area contributed by atoms with Gasteiger partial charge in [-0.05, 0) is 30.9 Å². The van der Waals surface area contributed by atoms with Crippen LogP contribution < -0.4 is 4.90 Å². The molecule has 0 bridgehead atoms. The summed E-state index contributed by atoms with van der Waals surface area (Å²) in [5, 5.41) is 0. The normalized spacial score (nSPS) is 14.9. The predicted octanol–water partition coefficient (Wildman–Crippen LogP) is 4.78. The van der Waals surface area contributed by atoms with Gasteiger partial charge in [0.25, 0.3) is 0 Å². The molecule has 0 N–H and O–H groups in total. The topological polar surface area (TPSA) is 49.3 Å². The summed E-state index contributed by atoms with van der Waals surface area (Å²) in [6, 6.07) is 20.7. The zero-order valence-corrected chi connectivity index (χ0v) is 20.0. The van der Waals surface area contributed by atoms with Crippen LogP contribution in [0.1, 0.15) is 54.4 Å². The standard InChI is InChI=1S/C28H34N4O/c1-4-24(23-14-10-7-11-15-23)28(33)32-18-16-31(17-19-32)27-25(20-22-12-8-6-9-13-22)26(5-2)29-21(3)30-27/h6-15,24H,4-5,16-20H2,1-3H3. The highest BCUT2D eigenvalue weighted by atomic mass is 16.2. The average molecular weight is 443 g/mol. The minimum absolute atomic E-state index is 0.0700. The van der Waals surface area contributed by atoms with E-state index in [-0.39, 0.29) is 11.8 Å². The van der Waals surface area contributed by atoms with Crippen molar-refractivity contribution >= 4 is 11.7 Å². The van der Waals surface area contributed by atoms with Crippen molar-refractivity contribution in [3.8, 4) is 0 Å². The van der Waals surface area contributed by atoms with Gasteiger partial charge >= 0.3 is 0 Å². The van der Waals surface area contributed by atoms with E-state index in [1.54, 1.807) is 0 Å². The van der Waals surface area contributed by atoms with Crippen molar-refractivity contribution in [1.29, 1.82) is 0 Å². The van der Waals surface area contributed by atoms with Crippen molar-refractivity contribution in [2.75, 3.05) is 31.1 Å². The molecule has 5 heteroatoms. The highest BCUT2D eigenvalue weighted by molar-refractivity contribution is 5.84. The van der Waals surface area contributed by atoms with Crippen LogP contribution >= 0.6 is 0 Å². The lowest BCUT2D eigenvalue weighted by Gasteiger charge is -2.38. The Kier molecular flexibility index (Phi) is 7.38. The number of piperazine rings is 1. The van der Waals surface area contributed by atoms with Crippen molar-refractivity contribution in [3.05, 3.63) is 88.9 Å². The fraction of sp³-hybridized carbons (Fsp3) is 0.393. The molecule has 0 aliphatic carbocycles. The largest absolute Gasteiger partial charge is 0.353 e. The predicted molar refractivity (Wildman–Crippen MR) is 134 cm³/mol. The Morgan fingerprint density at radius 2 is 1.55 bits per heavy atom. The van der Waals surface area contributed by atoms with Crippen molar-refractivity contribution in [3.63, 3.8) is 0 Å². The van der Waals surface area contributed by atoms with Crippen LogP contribution in [0.2, 0.25) is 0 Å². The number of carbonyl (C=O) groups is 1. The van der Waals surface area contributed by atoms with Gasteiger partial charge < -0.3 is 9.80 Å². The second kappa shape index (κ2) is 10.6. The molecule has 0 radical (unpaired) electrons. The number of benzene rings is 2. The summed E-state index contributed by atoms with van der Waals surface area (Å²) in [5.41, 5.74) is 4.71. The fourth-order valence-corrected chi connectivity index (χ4v) is 4.77. The maximum atomic E-state index is 13.3. The number of aromatic nitrogens is 2. The highest BCUT2D eigenvalue weighted by Crippen LogP contribution is 2.27. The molecular weight excluding hydrogens is 408 g/mol. The Labute approximate surface area is 197 Å². The lowest BCUT2D eigenvalue weighted by Crippen LogP contribution is -2.50. The summed E-state index contributed by atoms with van der Waals surface area (Å²) in [4.78, 5) is 27.3. The summed E-state index contributed by atoms with van der Waals surface area (Å²) in [7, 11) is 0. The molecule has 2 heterocycles. The molecule has 0 saturated carbocycles. The van der Waals surface area contributed by atoms with Crippen LogP contribution in [0.15, 0.2) is 60.7 Å².